The average molecular weight is 432 g/mol. The third-order valence-electron chi connectivity index (χ3n) is 7.51. The van der Waals surface area contributed by atoms with Gasteiger partial charge in [-0.25, -0.2) is 0 Å². The summed E-state index contributed by atoms with van der Waals surface area (Å²) in [6, 6.07) is 12.2. The summed E-state index contributed by atoms with van der Waals surface area (Å²) in [5.41, 5.74) is 4.85. The molecule has 3 rings (SSSR count). The molecule has 2 aliphatic rings. The fraction of sp³-hybridized carbons (Fsp3) is 0.600. The topological polar surface area (TPSA) is 12.0 Å². The molecule has 154 valence electrons. The van der Waals surface area contributed by atoms with E-state index >= 15 is 0 Å². The Kier molecular flexibility index (Phi) is 8.01. The van der Waals surface area contributed by atoms with Crippen LogP contribution in [-0.2, 0) is 16.1 Å². The molecule has 1 N–H and O–H groups in total. The number of hydrogen-bond acceptors (Lipinski definition) is 1. The average Bonchev–Trinajstić information content (AvgIpc) is 2.95. The van der Waals surface area contributed by atoms with Crippen molar-refractivity contribution in [3.8, 4) is 0 Å². The predicted molar refractivity (Wildman–Crippen MR) is 125 cm³/mol. The van der Waals surface area contributed by atoms with Gasteiger partial charge in [0.2, 0.25) is 0 Å². The number of benzene rings is 1. The molecule has 1 fully saturated rings. The van der Waals surface area contributed by atoms with Gasteiger partial charge in [-0.15, -0.1) is 0 Å². The summed E-state index contributed by atoms with van der Waals surface area (Å²) in [5.74, 6) is 0.657. The molecule has 0 aromatic heterocycles. The quantitative estimate of drug-likeness (QED) is 0.576. The van der Waals surface area contributed by atoms with Crippen LogP contribution in [0, 0.1) is 5.92 Å². The van der Waals surface area contributed by atoms with Crippen molar-refractivity contribution in [1.82, 2.24) is 3.80 Å². The van der Waals surface area contributed by atoms with Crippen molar-refractivity contribution in [2.75, 3.05) is 0 Å². The molecule has 0 bridgehead atoms. The molecule has 0 spiro atoms. The van der Waals surface area contributed by atoms with Crippen LogP contribution in [0.15, 0.2) is 50.9 Å². The third-order valence-corrected chi connectivity index (χ3v) is 21.5. The molecule has 1 saturated carbocycles. The summed E-state index contributed by atoms with van der Waals surface area (Å²) < 4.78 is 6.36. The van der Waals surface area contributed by atoms with Crippen molar-refractivity contribution in [2.24, 2.45) is 5.92 Å². The van der Waals surface area contributed by atoms with Gasteiger partial charge in [-0.3, -0.25) is 0 Å². The molecule has 2 unspecified atom stereocenters. The first-order valence-electron chi connectivity index (χ1n) is 11.6. The zero-order valence-electron chi connectivity index (χ0n) is 18.9. The summed E-state index contributed by atoms with van der Waals surface area (Å²) in [6.45, 7) is 9.65. The Balaban J connectivity index is 1.90. The Morgan fingerprint density at radius 3 is 1.96 bits per heavy atom. The first-order valence-corrected chi connectivity index (χ1v) is 19.5. The molecular weight excluding hydrogens is 390 g/mol. The minimum atomic E-state index is -2.33. The number of nitrogens with one attached hydrogen (secondary N) is 1. The SMILES string of the molecule is CC1=C(C)C(C)[C]([Ti]([CH3])([NH]C2CCCCCCCC2)[SiH2]c2ccccc2)=C1C. The molecule has 0 saturated heterocycles. The Labute approximate surface area is 179 Å². The van der Waals surface area contributed by atoms with Crippen molar-refractivity contribution in [1.29, 1.82) is 0 Å². The monoisotopic (exact) mass is 431 g/mol. The minimum absolute atomic E-state index is 0.314. The molecule has 0 radical (unpaired) electrons. The van der Waals surface area contributed by atoms with E-state index in [1.807, 2.05) is 3.88 Å². The van der Waals surface area contributed by atoms with Gasteiger partial charge in [0.25, 0.3) is 0 Å². The molecule has 1 nitrogen and oxygen atoms in total. The Bertz CT molecular complexity index is 713. The second kappa shape index (κ2) is 10.1. The van der Waals surface area contributed by atoms with Crippen LogP contribution in [-0.4, -0.2) is 13.4 Å². The van der Waals surface area contributed by atoms with Gasteiger partial charge in [0.1, 0.15) is 0 Å². The molecule has 2 atom stereocenters. The van der Waals surface area contributed by atoms with Gasteiger partial charge in [-0.05, 0) is 0 Å². The van der Waals surface area contributed by atoms with Crippen molar-refractivity contribution in [3.05, 3.63) is 50.9 Å². The van der Waals surface area contributed by atoms with Gasteiger partial charge < -0.3 is 0 Å². The van der Waals surface area contributed by atoms with Gasteiger partial charge in [0, 0.05) is 0 Å². The first kappa shape index (κ1) is 22.3. The van der Waals surface area contributed by atoms with Gasteiger partial charge in [0.15, 0.2) is 0 Å². The van der Waals surface area contributed by atoms with Gasteiger partial charge in [-0.2, -0.15) is 0 Å². The molecule has 0 amide bonds. The van der Waals surface area contributed by atoms with E-state index in [4.69, 9.17) is 0 Å². The number of rotatable bonds is 5. The third kappa shape index (κ3) is 5.19. The Hall–Kier alpha value is -0.409. The van der Waals surface area contributed by atoms with Crippen molar-refractivity contribution in [2.45, 2.75) is 90.3 Å². The predicted octanol–water partition coefficient (Wildman–Crippen LogP) is 5.87. The van der Waals surface area contributed by atoms with E-state index in [1.165, 1.54) is 51.4 Å². The standard InChI is InChI=1S/C9H18N.C9H13.C6H7Si.CH3.Ti/c10-9-7-5-3-1-2-4-6-8-9;1-6-5-7(2)9(4)8(6)3;7-6-4-2-1-3-5-6;;/h9-10H,1-8H2;6H,1-4H3;1-5H,7H2;1H3;/q-1;;;;+1. The second-order valence-corrected chi connectivity index (χ2v) is 23.7. The van der Waals surface area contributed by atoms with Crippen molar-refractivity contribution in [3.63, 3.8) is 0 Å². The van der Waals surface area contributed by atoms with Crippen LogP contribution in [0.1, 0.15) is 79.1 Å². The molecule has 0 aliphatic heterocycles. The van der Waals surface area contributed by atoms with Crippen LogP contribution in [0.5, 0.6) is 0 Å². The van der Waals surface area contributed by atoms with Gasteiger partial charge in [-0.1, -0.05) is 0 Å². The van der Waals surface area contributed by atoms with Crippen LogP contribution in [0.25, 0.3) is 0 Å². The molecule has 0 heterocycles. The van der Waals surface area contributed by atoms with Crippen molar-refractivity contribution < 1.29 is 16.1 Å². The van der Waals surface area contributed by atoms with Gasteiger partial charge in [0.05, 0.1) is 0 Å². The summed E-state index contributed by atoms with van der Waals surface area (Å²) >= 11 is -2.33. The maximum atomic E-state index is 4.48. The van der Waals surface area contributed by atoms with Crippen molar-refractivity contribution >= 4 is 12.6 Å². The summed E-state index contributed by atoms with van der Waals surface area (Å²) in [5, 5.41) is 4.39. The Morgan fingerprint density at radius 1 is 0.857 bits per heavy atom. The number of hydrogen-bond donors (Lipinski definition) is 1. The molecule has 2 aliphatic carbocycles. The van der Waals surface area contributed by atoms with Crippen LogP contribution in [0.4, 0.5) is 0 Å². The van der Waals surface area contributed by atoms with Crippen LogP contribution < -0.4 is 8.99 Å². The summed E-state index contributed by atoms with van der Waals surface area (Å²) in [4.78, 5) is 0. The van der Waals surface area contributed by atoms with E-state index in [0.29, 0.717) is 5.92 Å². The van der Waals surface area contributed by atoms with E-state index in [-0.39, 0.29) is 7.39 Å². The van der Waals surface area contributed by atoms with Crippen LogP contribution in [0.2, 0.25) is 5.23 Å². The summed E-state index contributed by atoms with van der Waals surface area (Å²) in [6.07, 6.45) is 11.4. The van der Waals surface area contributed by atoms with E-state index in [2.05, 4.69) is 67.1 Å². The second-order valence-electron chi connectivity index (χ2n) is 9.60. The number of allylic oxidation sites excluding steroid dienone is 4. The maximum absolute atomic E-state index is 4.48. The fourth-order valence-electron chi connectivity index (χ4n) is 5.71. The molecular formula is C25H41NSiTi. The molecule has 1 aromatic rings. The van der Waals surface area contributed by atoms with E-state index in [1.54, 1.807) is 21.9 Å². The molecule has 1 aromatic carbocycles. The van der Waals surface area contributed by atoms with E-state index in [0.717, 1.165) is 6.04 Å². The molecule has 3 heteroatoms. The van der Waals surface area contributed by atoms with E-state index in [9.17, 15) is 0 Å². The molecule has 28 heavy (non-hydrogen) atoms. The fourth-order valence-corrected chi connectivity index (χ4v) is 22.7. The Morgan fingerprint density at radius 2 is 1.43 bits per heavy atom. The van der Waals surface area contributed by atoms with Crippen LogP contribution >= 0.6 is 0 Å². The summed E-state index contributed by atoms with van der Waals surface area (Å²) in [7, 11) is -0.314. The normalized spacial score (nSPS) is 25.1. The zero-order valence-corrected chi connectivity index (χ0v) is 21.9. The first-order chi connectivity index (χ1) is 13.4. The zero-order chi connectivity index (χ0) is 20.1. The van der Waals surface area contributed by atoms with Crippen LogP contribution in [0.3, 0.4) is 0 Å². The van der Waals surface area contributed by atoms with E-state index < -0.39 is 16.1 Å². The van der Waals surface area contributed by atoms with Gasteiger partial charge >= 0.3 is 180 Å².